The van der Waals surface area contributed by atoms with Crippen molar-refractivity contribution in [1.29, 1.82) is 0 Å². The van der Waals surface area contributed by atoms with Crippen LogP contribution in [0.2, 0.25) is 0 Å². The van der Waals surface area contributed by atoms with Gasteiger partial charge in [-0.2, -0.15) is 5.10 Å². The molecule has 1 N–H and O–H groups in total. The largest absolute Gasteiger partial charge is 0.497 e. The van der Waals surface area contributed by atoms with E-state index >= 15 is 0 Å². The highest BCUT2D eigenvalue weighted by atomic mass is 79.9. The Morgan fingerprint density at radius 1 is 1.07 bits per heavy atom. The molecule has 1 heterocycles. The van der Waals surface area contributed by atoms with E-state index in [0.717, 1.165) is 10.0 Å². The Morgan fingerprint density at radius 3 is 2.56 bits per heavy atom. The molecule has 3 aromatic rings. The Hall–Kier alpha value is -3.06. The van der Waals surface area contributed by atoms with Gasteiger partial charge in [-0.05, 0) is 36.4 Å². The van der Waals surface area contributed by atoms with Crippen molar-refractivity contribution in [3.05, 3.63) is 70.4 Å². The van der Waals surface area contributed by atoms with Crippen LogP contribution in [0, 0.1) is 0 Å². The number of methoxy groups -OCH3 is 2. The van der Waals surface area contributed by atoms with Crippen LogP contribution in [-0.2, 0) is 0 Å². The van der Waals surface area contributed by atoms with Crippen molar-refractivity contribution in [2.75, 3.05) is 14.2 Å². The summed E-state index contributed by atoms with van der Waals surface area (Å²) in [5, 5.41) is 3.94. The number of nitrogens with one attached hydrogen (secondary N) is 1. The van der Waals surface area contributed by atoms with E-state index in [1.807, 2.05) is 30.3 Å². The lowest BCUT2D eigenvalue weighted by atomic mass is 10.2. The van der Waals surface area contributed by atoms with Gasteiger partial charge in [-0.25, -0.2) is 5.43 Å². The molecule has 7 heteroatoms. The van der Waals surface area contributed by atoms with E-state index < -0.39 is 5.91 Å². The molecule has 1 amide bonds. The molecule has 138 valence electrons. The van der Waals surface area contributed by atoms with Crippen LogP contribution in [0.3, 0.4) is 0 Å². The van der Waals surface area contributed by atoms with Crippen molar-refractivity contribution >= 4 is 28.1 Å². The summed E-state index contributed by atoms with van der Waals surface area (Å²) in [4.78, 5) is 12.3. The zero-order valence-electron chi connectivity index (χ0n) is 14.7. The molecule has 0 fully saturated rings. The van der Waals surface area contributed by atoms with E-state index in [4.69, 9.17) is 13.9 Å². The molecular formula is C20H17BrN2O4. The number of rotatable bonds is 6. The summed E-state index contributed by atoms with van der Waals surface area (Å²) in [5.41, 5.74) is 3.76. The number of hydrazone groups is 1. The van der Waals surface area contributed by atoms with Gasteiger partial charge in [0.15, 0.2) is 0 Å². The zero-order valence-corrected chi connectivity index (χ0v) is 16.3. The topological polar surface area (TPSA) is 73.1 Å². The van der Waals surface area contributed by atoms with E-state index in [9.17, 15) is 4.79 Å². The highest BCUT2D eigenvalue weighted by molar-refractivity contribution is 9.10. The molecule has 0 bridgehead atoms. The molecular weight excluding hydrogens is 412 g/mol. The summed E-state index contributed by atoms with van der Waals surface area (Å²) in [5.74, 6) is 1.84. The molecule has 0 aliphatic rings. The average molecular weight is 429 g/mol. The van der Waals surface area contributed by atoms with Crippen molar-refractivity contribution in [3.63, 3.8) is 0 Å². The van der Waals surface area contributed by atoms with Gasteiger partial charge in [0.25, 0.3) is 5.91 Å². The second kappa shape index (κ2) is 8.55. The van der Waals surface area contributed by atoms with Gasteiger partial charge in [-0.1, -0.05) is 28.1 Å². The van der Waals surface area contributed by atoms with Gasteiger partial charge in [0, 0.05) is 16.1 Å². The van der Waals surface area contributed by atoms with Crippen LogP contribution in [-0.4, -0.2) is 26.3 Å². The minimum Gasteiger partial charge on any atom is -0.497 e. The number of halogens is 1. The first-order valence-electron chi connectivity index (χ1n) is 8.02. The first-order valence-corrected chi connectivity index (χ1v) is 8.81. The molecule has 0 aliphatic heterocycles. The van der Waals surface area contributed by atoms with Crippen molar-refractivity contribution in [2.24, 2.45) is 5.10 Å². The minimum atomic E-state index is -0.398. The molecule has 2 aromatic carbocycles. The summed E-state index contributed by atoms with van der Waals surface area (Å²) in [7, 11) is 3.03. The predicted octanol–water partition coefficient (Wildman–Crippen LogP) is 4.49. The van der Waals surface area contributed by atoms with Gasteiger partial charge in [-0.3, -0.25) is 4.79 Å². The molecule has 0 unspecified atom stereocenters. The Labute approximate surface area is 164 Å². The van der Waals surface area contributed by atoms with Crippen LogP contribution in [0.15, 0.2) is 68.6 Å². The molecule has 3 rings (SSSR count). The maximum Gasteiger partial charge on any atom is 0.275 e. The first kappa shape index (κ1) is 18.7. The van der Waals surface area contributed by atoms with Crippen LogP contribution in [0.5, 0.6) is 11.5 Å². The summed E-state index contributed by atoms with van der Waals surface area (Å²) < 4.78 is 17.1. The number of amides is 1. The van der Waals surface area contributed by atoms with Crippen LogP contribution in [0.25, 0.3) is 11.3 Å². The van der Waals surface area contributed by atoms with E-state index in [1.54, 1.807) is 31.4 Å². The lowest BCUT2D eigenvalue weighted by Crippen LogP contribution is -2.18. The Balaban J connectivity index is 1.67. The van der Waals surface area contributed by atoms with E-state index in [1.165, 1.54) is 13.3 Å². The van der Waals surface area contributed by atoms with Crippen molar-refractivity contribution in [1.82, 2.24) is 5.43 Å². The summed E-state index contributed by atoms with van der Waals surface area (Å²) in [6.07, 6.45) is 1.44. The van der Waals surface area contributed by atoms with Gasteiger partial charge in [-0.15, -0.1) is 0 Å². The molecule has 1 aromatic heterocycles. The molecule has 0 atom stereocenters. The minimum absolute atomic E-state index is 0.352. The lowest BCUT2D eigenvalue weighted by molar-refractivity contribution is 0.0952. The predicted molar refractivity (Wildman–Crippen MR) is 106 cm³/mol. The standard InChI is InChI=1S/C20H17BrN2O4/c1-25-15-7-9-17(19(11-15)26-2)20(24)23-22-12-16-8-10-18(27-16)13-3-5-14(21)6-4-13/h3-12H,1-2H3,(H,23,24)/b22-12-. The normalized spacial score (nSPS) is 10.8. The van der Waals surface area contributed by atoms with Crippen LogP contribution in [0.4, 0.5) is 0 Å². The number of furan rings is 1. The number of hydrogen-bond acceptors (Lipinski definition) is 5. The third-order valence-corrected chi connectivity index (χ3v) is 4.30. The number of ether oxygens (including phenoxy) is 2. The summed E-state index contributed by atoms with van der Waals surface area (Å²) in [6.45, 7) is 0. The number of carbonyl (C=O) groups excluding carboxylic acids is 1. The van der Waals surface area contributed by atoms with Gasteiger partial charge < -0.3 is 13.9 Å². The fourth-order valence-electron chi connectivity index (χ4n) is 2.39. The molecule has 27 heavy (non-hydrogen) atoms. The summed E-state index contributed by atoms with van der Waals surface area (Å²) in [6, 6.07) is 16.3. The second-order valence-electron chi connectivity index (χ2n) is 5.47. The third kappa shape index (κ3) is 4.57. The molecule has 0 radical (unpaired) electrons. The Kier molecular flexibility index (Phi) is 5.93. The van der Waals surface area contributed by atoms with Crippen molar-refractivity contribution in [2.45, 2.75) is 0 Å². The zero-order chi connectivity index (χ0) is 19.2. The second-order valence-corrected chi connectivity index (χ2v) is 6.39. The fourth-order valence-corrected chi connectivity index (χ4v) is 2.66. The van der Waals surface area contributed by atoms with E-state index in [0.29, 0.717) is 28.6 Å². The van der Waals surface area contributed by atoms with Gasteiger partial charge >= 0.3 is 0 Å². The van der Waals surface area contributed by atoms with E-state index in [-0.39, 0.29) is 0 Å². The molecule has 0 spiro atoms. The molecule has 0 aliphatic carbocycles. The number of carbonyl (C=O) groups is 1. The molecule has 0 saturated carbocycles. The van der Waals surface area contributed by atoms with E-state index in [2.05, 4.69) is 26.5 Å². The number of hydrogen-bond donors (Lipinski definition) is 1. The van der Waals surface area contributed by atoms with Crippen molar-refractivity contribution < 1.29 is 18.7 Å². The smallest absolute Gasteiger partial charge is 0.275 e. The summed E-state index contributed by atoms with van der Waals surface area (Å²) >= 11 is 3.40. The van der Waals surface area contributed by atoms with Gasteiger partial charge in [0.2, 0.25) is 0 Å². The lowest BCUT2D eigenvalue weighted by Gasteiger charge is -2.08. The highest BCUT2D eigenvalue weighted by Gasteiger charge is 2.12. The van der Waals surface area contributed by atoms with Gasteiger partial charge in [0.1, 0.15) is 23.0 Å². The fraction of sp³-hybridized carbons (Fsp3) is 0.100. The highest BCUT2D eigenvalue weighted by Crippen LogP contribution is 2.25. The van der Waals surface area contributed by atoms with Crippen LogP contribution < -0.4 is 14.9 Å². The maximum atomic E-state index is 12.3. The number of benzene rings is 2. The van der Waals surface area contributed by atoms with Crippen molar-refractivity contribution in [3.8, 4) is 22.8 Å². The SMILES string of the molecule is COc1ccc(C(=O)N/N=C\c2ccc(-c3ccc(Br)cc3)o2)c(OC)c1. The maximum absolute atomic E-state index is 12.3. The Bertz CT molecular complexity index is 964. The average Bonchev–Trinajstić information content (AvgIpc) is 3.16. The first-order chi connectivity index (χ1) is 13.1. The quantitative estimate of drug-likeness (QED) is 0.463. The Morgan fingerprint density at radius 2 is 1.85 bits per heavy atom. The molecule has 6 nitrogen and oxygen atoms in total. The third-order valence-electron chi connectivity index (χ3n) is 3.77. The monoisotopic (exact) mass is 428 g/mol. The number of nitrogens with zero attached hydrogens (tertiary/aromatic N) is 1. The molecule has 0 saturated heterocycles. The van der Waals surface area contributed by atoms with Gasteiger partial charge in [0.05, 0.1) is 26.0 Å². The van der Waals surface area contributed by atoms with Crippen LogP contribution in [0.1, 0.15) is 16.1 Å². The van der Waals surface area contributed by atoms with Crippen LogP contribution >= 0.6 is 15.9 Å².